The van der Waals surface area contributed by atoms with Crippen LogP contribution in [0.25, 0.3) is 0 Å². The lowest BCUT2D eigenvalue weighted by molar-refractivity contribution is -0.161. The number of aliphatic hydroxyl groups excluding tert-OH is 1. The minimum absolute atomic E-state index is 0.0492. The quantitative estimate of drug-likeness (QED) is 0.132. The number of rotatable bonds is 18. The van der Waals surface area contributed by atoms with Gasteiger partial charge in [0, 0.05) is 24.3 Å². The second-order valence-corrected chi connectivity index (χ2v) is 14.4. The summed E-state index contributed by atoms with van der Waals surface area (Å²) in [4.78, 5) is 58.8. The predicted octanol–water partition coefficient (Wildman–Crippen LogP) is 4.32. The van der Waals surface area contributed by atoms with Crippen molar-refractivity contribution in [3.8, 4) is 0 Å². The number of ether oxygens (including phenoxy) is 2. The zero-order valence-corrected chi connectivity index (χ0v) is 29.4. The van der Waals surface area contributed by atoms with Gasteiger partial charge in [-0.05, 0) is 37.2 Å². The number of benzene rings is 1. The van der Waals surface area contributed by atoms with Crippen LogP contribution in [0.2, 0.25) is 0 Å². The number of hydrogen-bond acceptors (Lipinski definition) is 7. The molecule has 1 aromatic rings. The van der Waals surface area contributed by atoms with Crippen LogP contribution in [0.15, 0.2) is 55.6 Å². The van der Waals surface area contributed by atoms with Gasteiger partial charge in [-0.3, -0.25) is 19.2 Å². The lowest BCUT2D eigenvalue weighted by atomic mass is 9.70. The van der Waals surface area contributed by atoms with Crippen LogP contribution < -0.4 is 5.32 Å². The van der Waals surface area contributed by atoms with Gasteiger partial charge in [0.2, 0.25) is 17.7 Å². The molecule has 2 N–H and O–H groups in total. The largest absolute Gasteiger partial charge is 0.455 e. The number of hydrogen-bond donors (Lipinski definition) is 2. The summed E-state index contributed by atoms with van der Waals surface area (Å²) >= 11 is 3.72. The van der Waals surface area contributed by atoms with Gasteiger partial charge in [-0.25, -0.2) is 0 Å². The third-order valence-corrected chi connectivity index (χ3v) is 10.4. The smallest absolute Gasteiger partial charge is 0.313 e. The average molecular weight is 717 g/mol. The first kappa shape index (κ1) is 36.8. The molecule has 258 valence electrons. The number of nitrogens with one attached hydrogen (secondary N) is 1. The van der Waals surface area contributed by atoms with Crippen molar-refractivity contribution in [3.63, 3.8) is 0 Å². The number of likely N-dealkylation sites (tertiary alicyclic amines) is 1. The molecule has 1 unspecified atom stereocenters. The zero-order chi connectivity index (χ0) is 34.3. The average Bonchev–Trinajstić information content (AvgIpc) is 3.65. The van der Waals surface area contributed by atoms with Gasteiger partial charge in [0.25, 0.3) is 0 Å². The van der Waals surface area contributed by atoms with Gasteiger partial charge in [0.15, 0.2) is 0 Å². The first-order valence-corrected chi connectivity index (χ1v) is 17.7. The number of esters is 1. The molecule has 0 saturated carbocycles. The highest BCUT2D eigenvalue weighted by Gasteiger charge is 2.77. The van der Waals surface area contributed by atoms with Gasteiger partial charge in [-0.15, -0.1) is 13.2 Å². The molecule has 2 bridgehead atoms. The Bertz CT molecular complexity index is 1290. The second-order valence-electron chi connectivity index (χ2n) is 13.3. The molecule has 0 aliphatic carbocycles. The molecule has 3 saturated heterocycles. The van der Waals surface area contributed by atoms with Gasteiger partial charge in [0.05, 0.1) is 37.1 Å². The van der Waals surface area contributed by atoms with Gasteiger partial charge >= 0.3 is 5.97 Å². The lowest BCUT2D eigenvalue weighted by Crippen LogP contribution is -2.59. The van der Waals surface area contributed by atoms with Crippen molar-refractivity contribution in [3.05, 3.63) is 61.2 Å². The van der Waals surface area contributed by atoms with Crippen molar-refractivity contribution in [2.45, 2.75) is 94.0 Å². The monoisotopic (exact) mass is 715 g/mol. The molecule has 47 heavy (non-hydrogen) atoms. The summed E-state index contributed by atoms with van der Waals surface area (Å²) < 4.78 is 12.8. The van der Waals surface area contributed by atoms with Crippen LogP contribution in [-0.2, 0) is 28.7 Å². The van der Waals surface area contributed by atoms with Crippen molar-refractivity contribution in [1.82, 2.24) is 15.1 Å². The number of halogens is 1. The maximum atomic E-state index is 14.6. The molecule has 10 nitrogen and oxygen atoms in total. The van der Waals surface area contributed by atoms with E-state index in [2.05, 4.69) is 34.4 Å². The summed E-state index contributed by atoms with van der Waals surface area (Å²) in [6.45, 7) is 14.1. The number of fused-ring (bicyclic) bond motifs is 1. The van der Waals surface area contributed by atoms with Crippen LogP contribution in [0.1, 0.15) is 71.0 Å². The summed E-state index contributed by atoms with van der Waals surface area (Å²) in [5.74, 6) is -3.30. The molecule has 11 heteroatoms. The molecular weight excluding hydrogens is 666 g/mol. The van der Waals surface area contributed by atoms with Crippen LogP contribution in [0, 0.1) is 17.8 Å². The molecule has 1 aromatic carbocycles. The Morgan fingerprint density at radius 2 is 1.96 bits per heavy atom. The molecule has 3 aliphatic heterocycles. The first-order valence-electron chi connectivity index (χ1n) is 16.8. The van der Waals surface area contributed by atoms with Crippen LogP contribution in [-0.4, -0.2) is 93.5 Å². The maximum absolute atomic E-state index is 14.6. The molecule has 3 aliphatic rings. The third kappa shape index (κ3) is 7.67. The van der Waals surface area contributed by atoms with E-state index >= 15 is 0 Å². The fraction of sp³-hybridized carbons (Fsp3) is 0.611. The number of allylic oxidation sites excluding steroid dienone is 1. The zero-order valence-electron chi connectivity index (χ0n) is 27.8. The molecule has 1 spiro atoms. The van der Waals surface area contributed by atoms with Crippen molar-refractivity contribution in [2.24, 2.45) is 17.8 Å². The van der Waals surface area contributed by atoms with E-state index in [0.717, 1.165) is 12.8 Å². The standard InChI is InChI=1S/C36H50BrN3O7/c1-6-9-16-28(42)38-21-27(24-14-12-11-13-15-24)46-35(45)29-30-33(43)40(25(22-41)19-23(4)5)32(36(30)20-26(37)31(29)47-36)34(44)39(17-8-3)18-10-7-2/h6,8,11-15,23,25-27,29-32,41H,1,3,7,9-10,16-22H2,2,4-5H3,(H,38,42)/t25-,26?,27-,29+,30-,31+,32+,36-/m1/s1. The van der Waals surface area contributed by atoms with E-state index in [1.807, 2.05) is 51.1 Å². The number of amides is 3. The number of aliphatic hydroxyl groups is 1. The maximum Gasteiger partial charge on any atom is 0.313 e. The molecule has 3 fully saturated rings. The summed E-state index contributed by atoms with van der Waals surface area (Å²) in [7, 11) is 0. The minimum atomic E-state index is -1.28. The van der Waals surface area contributed by atoms with Gasteiger partial charge in [0.1, 0.15) is 17.7 Å². The van der Waals surface area contributed by atoms with Crippen molar-refractivity contribution >= 4 is 39.6 Å². The van der Waals surface area contributed by atoms with Crippen molar-refractivity contribution < 1.29 is 33.8 Å². The molecular formula is C36H50BrN3O7. The summed E-state index contributed by atoms with van der Waals surface area (Å²) in [5, 5.41) is 13.4. The Morgan fingerprint density at radius 1 is 1.23 bits per heavy atom. The van der Waals surface area contributed by atoms with Gasteiger partial charge in [-0.2, -0.15) is 0 Å². The Labute approximate surface area is 287 Å². The number of nitrogens with zero attached hydrogens (tertiary/aromatic N) is 2. The SMILES string of the molecule is C=CCCC(=O)NC[C@@H](OC(=O)[C@@H]1[C@H]2O[C@@]3(CC2Br)[C@H](C(=O)N(CC=C)CCCC)N([C@@H](CO)CC(C)C)C(=O)[C@@H]13)c1ccccc1. The molecule has 3 amide bonds. The van der Waals surface area contributed by atoms with Crippen LogP contribution in [0.4, 0.5) is 0 Å². The Hall–Kier alpha value is -3.02. The van der Waals surface area contributed by atoms with E-state index in [4.69, 9.17) is 9.47 Å². The van der Waals surface area contributed by atoms with Crippen LogP contribution in [0.3, 0.4) is 0 Å². The Morgan fingerprint density at radius 3 is 2.57 bits per heavy atom. The summed E-state index contributed by atoms with van der Waals surface area (Å²) in [5.41, 5.74) is -0.590. The number of alkyl halides is 1. The van der Waals surface area contributed by atoms with E-state index in [9.17, 15) is 24.3 Å². The van der Waals surface area contributed by atoms with E-state index in [-0.39, 0.29) is 48.0 Å². The fourth-order valence-corrected chi connectivity index (χ4v) is 8.38. The van der Waals surface area contributed by atoms with Crippen LogP contribution in [0.5, 0.6) is 0 Å². The van der Waals surface area contributed by atoms with E-state index in [0.29, 0.717) is 37.9 Å². The molecule has 3 heterocycles. The molecule has 0 aromatic heterocycles. The summed E-state index contributed by atoms with van der Waals surface area (Å²) in [6.07, 6.45) is 5.08. The van der Waals surface area contributed by atoms with Crippen LogP contribution >= 0.6 is 15.9 Å². The van der Waals surface area contributed by atoms with E-state index in [1.165, 1.54) is 4.90 Å². The first-order chi connectivity index (χ1) is 22.5. The highest BCUT2D eigenvalue weighted by Crippen LogP contribution is 2.61. The van der Waals surface area contributed by atoms with Crippen molar-refractivity contribution in [2.75, 3.05) is 26.2 Å². The highest BCUT2D eigenvalue weighted by atomic mass is 79.9. The Balaban J connectivity index is 1.71. The molecule has 0 radical (unpaired) electrons. The topological polar surface area (TPSA) is 125 Å². The second kappa shape index (κ2) is 16.4. The Kier molecular flexibility index (Phi) is 12.8. The molecule has 8 atom stereocenters. The molecule has 4 rings (SSSR count). The van der Waals surface area contributed by atoms with Gasteiger partial charge < -0.3 is 29.7 Å². The number of carbonyl (C=O) groups excluding carboxylic acids is 4. The normalized spacial score (nSPS) is 27.3. The van der Waals surface area contributed by atoms with E-state index in [1.54, 1.807) is 17.1 Å². The van der Waals surface area contributed by atoms with Crippen molar-refractivity contribution in [1.29, 1.82) is 0 Å². The third-order valence-electron chi connectivity index (χ3n) is 9.51. The predicted molar refractivity (Wildman–Crippen MR) is 182 cm³/mol. The fourth-order valence-electron chi connectivity index (χ4n) is 7.44. The lowest BCUT2D eigenvalue weighted by Gasteiger charge is -2.39. The summed E-state index contributed by atoms with van der Waals surface area (Å²) in [6, 6.07) is 7.48. The van der Waals surface area contributed by atoms with Gasteiger partial charge in [-0.1, -0.05) is 85.6 Å². The number of carbonyl (C=O) groups is 4. The minimum Gasteiger partial charge on any atom is -0.455 e. The highest BCUT2D eigenvalue weighted by molar-refractivity contribution is 9.09. The van der Waals surface area contributed by atoms with E-state index < -0.39 is 47.7 Å². The number of unbranched alkanes of at least 4 members (excludes halogenated alkanes) is 1.